The number of aromatic nitrogens is 2. The number of thiazole rings is 1. The van der Waals surface area contributed by atoms with Gasteiger partial charge in [0.1, 0.15) is 10.8 Å². The van der Waals surface area contributed by atoms with Crippen molar-refractivity contribution in [2.75, 3.05) is 0 Å². The quantitative estimate of drug-likeness (QED) is 0.782. The average Bonchev–Trinajstić information content (AvgIpc) is 2.95. The molecule has 0 aliphatic rings. The van der Waals surface area contributed by atoms with E-state index >= 15 is 0 Å². The van der Waals surface area contributed by atoms with Crippen LogP contribution in [-0.2, 0) is 13.1 Å². The van der Waals surface area contributed by atoms with E-state index in [1.165, 1.54) is 4.70 Å². The molecule has 1 N–H and O–H groups in total. The molecule has 1 aromatic carbocycles. The van der Waals surface area contributed by atoms with E-state index in [4.69, 9.17) is 4.52 Å². The maximum Gasteiger partial charge on any atom is 0.133 e. The lowest BCUT2D eigenvalue weighted by Gasteiger charge is -1.97. The minimum atomic E-state index is 0.702. The smallest absolute Gasteiger partial charge is 0.133 e. The fourth-order valence-corrected chi connectivity index (χ4v) is 2.73. The van der Waals surface area contributed by atoms with Gasteiger partial charge in [0.2, 0.25) is 0 Å². The third kappa shape index (κ3) is 2.42. The Labute approximate surface area is 109 Å². The van der Waals surface area contributed by atoms with Crippen molar-refractivity contribution in [1.29, 1.82) is 0 Å². The molecule has 0 aliphatic heterocycles. The topological polar surface area (TPSA) is 51.0 Å². The molecule has 0 fully saturated rings. The highest BCUT2D eigenvalue weighted by Crippen LogP contribution is 2.21. The molecule has 0 saturated heterocycles. The lowest BCUT2D eigenvalue weighted by Crippen LogP contribution is -2.12. The molecular formula is C13H13N3OS. The van der Waals surface area contributed by atoms with Crippen LogP contribution in [0.25, 0.3) is 10.2 Å². The molecule has 3 aromatic rings. The molecule has 0 amide bonds. The van der Waals surface area contributed by atoms with Gasteiger partial charge in [-0.05, 0) is 19.1 Å². The van der Waals surface area contributed by atoms with Gasteiger partial charge in [0, 0.05) is 19.2 Å². The zero-order valence-corrected chi connectivity index (χ0v) is 10.8. The third-order valence-corrected chi connectivity index (χ3v) is 3.63. The number of nitrogens with zero attached hydrogens (tertiary/aromatic N) is 2. The second-order valence-corrected chi connectivity index (χ2v) is 5.22. The van der Waals surface area contributed by atoms with Crippen LogP contribution in [-0.4, -0.2) is 10.1 Å². The van der Waals surface area contributed by atoms with E-state index in [-0.39, 0.29) is 0 Å². The first-order valence-electron chi connectivity index (χ1n) is 5.78. The van der Waals surface area contributed by atoms with Crippen LogP contribution in [0.3, 0.4) is 0 Å². The van der Waals surface area contributed by atoms with E-state index in [9.17, 15) is 0 Å². The van der Waals surface area contributed by atoms with Gasteiger partial charge in [-0.25, -0.2) is 4.98 Å². The minimum Gasteiger partial charge on any atom is -0.361 e. The molecule has 0 atom stereocenters. The van der Waals surface area contributed by atoms with Crippen LogP contribution in [0.4, 0.5) is 0 Å². The van der Waals surface area contributed by atoms with Gasteiger partial charge in [0.15, 0.2) is 0 Å². The van der Waals surface area contributed by atoms with Gasteiger partial charge in [-0.15, -0.1) is 11.3 Å². The van der Waals surface area contributed by atoms with Gasteiger partial charge in [-0.1, -0.05) is 17.3 Å². The van der Waals surface area contributed by atoms with Crippen molar-refractivity contribution in [1.82, 2.24) is 15.5 Å². The summed E-state index contributed by atoms with van der Waals surface area (Å²) in [5.41, 5.74) is 1.99. The maximum atomic E-state index is 5.01. The van der Waals surface area contributed by atoms with Crippen molar-refractivity contribution >= 4 is 21.6 Å². The summed E-state index contributed by atoms with van der Waals surface area (Å²) in [6, 6.07) is 10.1. The number of hydrogen-bond donors (Lipinski definition) is 1. The van der Waals surface area contributed by atoms with Crippen LogP contribution >= 0.6 is 11.3 Å². The largest absolute Gasteiger partial charge is 0.361 e. The second-order valence-electron chi connectivity index (χ2n) is 4.11. The Kier molecular flexibility index (Phi) is 3.08. The van der Waals surface area contributed by atoms with E-state index in [0.29, 0.717) is 6.54 Å². The molecule has 0 aliphatic carbocycles. The number of para-hydroxylation sites is 1. The third-order valence-electron chi connectivity index (χ3n) is 2.60. The molecule has 18 heavy (non-hydrogen) atoms. The highest BCUT2D eigenvalue weighted by Gasteiger charge is 2.04. The van der Waals surface area contributed by atoms with E-state index in [1.807, 2.05) is 31.2 Å². The second kappa shape index (κ2) is 4.88. The molecule has 5 heteroatoms. The van der Waals surface area contributed by atoms with Crippen molar-refractivity contribution in [3.63, 3.8) is 0 Å². The first-order chi connectivity index (χ1) is 8.81. The van der Waals surface area contributed by atoms with Gasteiger partial charge in [0.25, 0.3) is 0 Å². The zero-order valence-electron chi connectivity index (χ0n) is 10.0. The minimum absolute atomic E-state index is 0.702. The molecule has 2 aromatic heterocycles. The Morgan fingerprint density at radius 1 is 1.28 bits per heavy atom. The van der Waals surface area contributed by atoms with Crippen molar-refractivity contribution in [2.45, 2.75) is 20.0 Å². The number of fused-ring (bicyclic) bond motifs is 1. The molecule has 0 radical (unpaired) electrons. The van der Waals surface area contributed by atoms with Crippen molar-refractivity contribution in [2.24, 2.45) is 0 Å². The number of nitrogens with one attached hydrogen (secondary N) is 1. The standard InChI is InChI=1S/C13H13N3OS/c1-9-6-10(16-17-9)7-14-8-13-15-11-4-2-3-5-12(11)18-13/h2-6,14H,7-8H2,1H3. The van der Waals surface area contributed by atoms with E-state index < -0.39 is 0 Å². The highest BCUT2D eigenvalue weighted by molar-refractivity contribution is 7.18. The average molecular weight is 259 g/mol. The summed E-state index contributed by atoms with van der Waals surface area (Å²) in [4.78, 5) is 4.56. The fourth-order valence-electron chi connectivity index (χ4n) is 1.79. The molecule has 2 heterocycles. The van der Waals surface area contributed by atoms with Gasteiger partial charge in [0.05, 0.1) is 15.9 Å². The lowest BCUT2D eigenvalue weighted by molar-refractivity contribution is 0.388. The summed E-state index contributed by atoms with van der Waals surface area (Å²) >= 11 is 1.72. The first-order valence-corrected chi connectivity index (χ1v) is 6.60. The summed E-state index contributed by atoms with van der Waals surface area (Å²) < 4.78 is 6.24. The van der Waals surface area contributed by atoms with Gasteiger partial charge >= 0.3 is 0 Å². The predicted molar refractivity (Wildman–Crippen MR) is 71.4 cm³/mol. The molecule has 3 rings (SSSR count). The Bertz CT molecular complexity index is 626. The Morgan fingerprint density at radius 2 is 2.17 bits per heavy atom. The van der Waals surface area contributed by atoms with Gasteiger partial charge in [-0.3, -0.25) is 0 Å². The van der Waals surface area contributed by atoms with Crippen LogP contribution < -0.4 is 5.32 Å². The Hall–Kier alpha value is -1.72. The maximum absolute atomic E-state index is 5.01. The van der Waals surface area contributed by atoms with Crippen molar-refractivity contribution in [3.05, 3.63) is 46.8 Å². The number of hydrogen-bond acceptors (Lipinski definition) is 5. The van der Waals surface area contributed by atoms with Crippen molar-refractivity contribution < 1.29 is 4.52 Å². The molecule has 0 bridgehead atoms. The van der Waals surface area contributed by atoms with Gasteiger partial charge in [-0.2, -0.15) is 0 Å². The Morgan fingerprint density at radius 3 is 2.94 bits per heavy atom. The monoisotopic (exact) mass is 259 g/mol. The van der Waals surface area contributed by atoms with Gasteiger partial charge < -0.3 is 9.84 Å². The zero-order chi connectivity index (χ0) is 12.4. The lowest BCUT2D eigenvalue weighted by atomic mass is 10.3. The molecule has 4 nitrogen and oxygen atoms in total. The molecule has 0 spiro atoms. The summed E-state index contributed by atoms with van der Waals surface area (Å²) in [6.45, 7) is 3.35. The van der Waals surface area contributed by atoms with Crippen LogP contribution in [0.5, 0.6) is 0 Å². The normalized spacial score (nSPS) is 11.2. The summed E-state index contributed by atoms with van der Waals surface area (Å²) in [5.74, 6) is 0.840. The number of rotatable bonds is 4. The summed E-state index contributed by atoms with van der Waals surface area (Å²) in [6.07, 6.45) is 0. The molecule has 0 unspecified atom stereocenters. The van der Waals surface area contributed by atoms with E-state index in [2.05, 4.69) is 21.5 Å². The van der Waals surface area contributed by atoms with E-state index in [0.717, 1.165) is 28.5 Å². The highest BCUT2D eigenvalue weighted by atomic mass is 32.1. The number of benzene rings is 1. The van der Waals surface area contributed by atoms with Crippen LogP contribution in [0.15, 0.2) is 34.9 Å². The first kappa shape index (κ1) is 11.4. The fraction of sp³-hybridized carbons (Fsp3) is 0.231. The molecule has 92 valence electrons. The predicted octanol–water partition coefficient (Wildman–Crippen LogP) is 2.88. The van der Waals surface area contributed by atoms with E-state index in [1.54, 1.807) is 11.3 Å². The van der Waals surface area contributed by atoms with Crippen LogP contribution in [0.2, 0.25) is 0 Å². The van der Waals surface area contributed by atoms with Crippen LogP contribution in [0, 0.1) is 6.92 Å². The van der Waals surface area contributed by atoms with Crippen LogP contribution in [0.1, 0.15) is 16.5 Å². The van der Waals surface area contributed by atoms with Crippen molar-refractivity contribution in [3.8, 4) is 0 Å². The molecular weight excluding hydrogens is 246 g/mol. The summed E-state index contributed by atoms with van der Waals surface area (Å²) in [7, 11) is 0. The molecule has 0 saturated carbocycles. The number of aryl methyl sites for hydroxylation is 1. The SMILES string of the molecule is Cc1cc(CNCc2nc3ccccc3s2)no1. The Balaban J connectivity index is 1.62. The summed E-state index contributed by atoms with van der Waals surface area (Å²) in [5, 5.41) is 8.35.